The first-order valence-electron chi connectivity index (χ1n) is 12.0. The molecule has 26 heavy (non-hydrogen) atoms. The van der Waals surface area contributed by atoms with Crippen LogP contribution in [0.25, 0.3) is 0 Å². The number of unbranched alkanes of at least 4 members (excludes halogenated alkanes) is 14. The average Bonchev–Trinajstić information content (AvgIpc) is 2.99. The first-order valence-corrected chi connectivity index (χ1v) is 12.0. The van der Waals surface area contributed by atoms with Crippen LogP contribution >= 0.6 is 0 Å². The quantitative estimate of drug-likeness (QED) is 0.230. The van der Waals surface area contributed by atoms with E-state index in [9.17, 15) is 0 Å². The molecular weight excluding hydrogens is 316 g/mol. The van der Waals surface area contributed by atoms with E-state index in [2.05, 4.69) is 43.1 Å². The summed E-state index contributed by atoms with van der Waals surface area (Å²) in [5.74, 6) is 0. The minimum atomic E-state index is 0.625. The van der Waals surface area contributed by atoms with Gasteiger partial charge in [0, 0.05) is 26.0 Å². The largest absolute Gasteiger partial charge is 0.359 e. The minimum absolute atomic E-state index is 0.625. The standard InChI is InChI=1S/C24H48N2/c1-4-6-8-10-11-12-13-14-15-16-18-20-24-25(3)22-23-26(24)21-19-17-9-7-5-2/h22-24H,4-21H2,1-3H3. The SMILES string of the molecule is CCCCCCCCCCCCCC1N(C)C=CN1CCCCCCC. The fourth-order valence-electron chi connectivity index (χ4n) is 4.11. The lowest BCUT2D eigenvalue weighted by Crippen LogP contribution is -2.37. The summed E-state index contributed by atoms with van der Waals surface area (Å²) >= 11 is 0. The lowest BCUT2D eigenvalue weighted by Gasteiger charge is -2.30. The normalized spacial score (nSPS) is 16.8. The van der Waals surface area contributed by atoms with E-state index in [0.29, 0.717) is 6.17 Å². The van der Waals surface area contributed by atoms with E-state index in [1.165, 1.54) is 116 Å². The second kappa shape index (κ2) is 16.5. The van der Waals surface area contributed by atoms with Gasteiger partial charge in [-0.1, -0.05) is 104 Å². The van der Waals surface area contributed by atoms with E-state index in [1.807, 2.05) is 0 Å². The van der Waals surface area contributed by atoms with Gasteiger partial charge in [-0.15, -0.1) is 0 Å². The number of hydrogen-bond donors (Lipinski definition) is 0. The molecule has 0 amide bonds. The van der Waals surface area contributed by atoms with Gasteiger partial charge in [-0.3, -0.25) is 0 Å². The van der Waals surface area contributed by atoms with Crippen LogP contribution in [0.5, 0.6) is 0 Å². The van der Waals surface area contributed by atoms with E-state index in [0.717, 1.165) is 0 Å². The first-order chi connectivity index (χ1) is 12.8. The van der Waals surface area contributed by atoms with Crippen molar-refractivity contribution in [2.24, 2.45) is 0 Å². The number of hydrogen-bond acceptors (Lipinski definition) is 2. The molecule has 1 unspecified atom stereocenters. The molecule has 1 aliphatic rings. The molecule has 0 aromatic rings. The van der Waals surface area contributed by atoms with Crippen molar-refractivity contribution < 1.29 is 0 Å². The van der Waals surface area contributed by atoms with Crippen LogP contribution < -0.4 is 0 Å². The zero-order chi connectivity index (χ0) is 18.9. The molecule has 0 saturated heterocycles. The van der Waals surface area contributed by atoms with Crippen LogP contribution in [0.15, 0.2) is 12.4 Å². The highest BCUT2D eigenvalue weighted by molar-refractivity contribution is 4.95. The molecule has 2 heteroatoms. The lowest BCUT2D eigenvalue weighted by molar-refractivity contribution is 0.159. The van der Waals surface area contributed by atoms with Crippen LogP contribution in [0.2, 0.25) is 0 Å². The molecule has 0 N–H and O–H groups in total. The van der Waals surface area contributed by atoms with Crippen molar-refractivity contribution in [2.75, 3.05) is 13.6 Å². The second-order valence-electron chi connectivity index (χ2n) is 8.42. The molecule has 0 saturated carbocycles. The van der Waals surface area contributed by atoms with E-state index in [-0.39, 0.29) is 0 Å². The van der Waals surface area contributed by atoms with Gasteiger partial charge in [0.25, 0.3) is 0 Å². The van der Waals surface area contributed by atoms with Crippen molar-refractivity contribution in [1.29, 1.82) is 0 Å². The topological polar surface area (TPSA) is 6.48 Å². The first kappa shape index (κ1) is 23.4. The molecule has 1 rings (SSSR count). The van der Waals surface area contributed by atoms with Crippen LogP contribution in [0.3, 0.4) is 0 Å². The van der Waals surface area contributed by atoms with Crippen LogP contribution in [0.4, 0.5) is 0 Å². The Morgan fingerprint density at radius 1 is 0.577 bits per heavy atom. The molecule has 0 bridgehead atoms. The average molecular weight is 365 g/mol. The Morgan fingerprint density at radius 2 is 1.04 bits per heavy atom. The van der Waals surface area contributed by atoms with Gasteiger partial charge >= 0.3 is 0 Å². The van der Waals surface area contributed by atoms with E-state index < -0.39 is 0 Å². The molecule has 0 aromatic carbocycles. The van der Waals surface area contributed by atoms with Crippen molar-refractivity contribution in [1.82, 2.24) is 9.80 Å². The Hall–Kier alpha value is -0.660. The summed E-state index contributed by atoms with van der Waals surface area (Å²) in [6.07, 6.45) is 29.2. The van der Waals surface area contributed by atoms with Gasteiger partial charge in [-0.2, -0.15) is 0 Å². The summed E-state index contributed by atoms with van der Waals surface area (Å²) < 4.78 is 0. The molecule has 1 atom stereocenters. The van der Waals surface area contributed by atoms with Crippen LogP contribution in [-0.4, -0.2) is 29.6 Å². The Kier molecular flexibility index (Phi) is 14.8. The maximum Gasteiger partial charge on any atom is 0.100 e. The summed E-state index contributed by atoms with van der Waals surface area (Å²) in [5, 5.41) is 0. The molecule has 0 radical (unpaired) electrons. The maximum atomic E-state index is 2.59. The highest BCUT2D eigenvalue weighted by atomic mass is 15.4. The highest BCUT2D eigenvalue weighted by Gasteiger charge is 2.22. The Bertz CT molecular complexity index is 326. The van der Waals surface area contributed by atoms with Gasteiger partial charge < -0.3 is 9.80 Å². The van der Waals surface area contributed by atoms with Crippen molar-refractivity contribution in [3.63, 3.8) is 0 Å². The highest BCUT2D eigenvalue weighted by Crippen LogP contribution is 2.21. The molecule has 1 aliphatic heterocycles. The second-order valence-corrected chi connectivity index (χ2v) is 8.42. The van der Waals surface area contributed by atoms with Crippen molar-refractivity contribution in [3.05, 3.63) is 12.4 Å². The lowest BCUT2D eigenvalue weighted by atomic mass is 10.0. The zero-order valence-electron chi connectivity index (χ0n) is 18.4. The smallest absolute Gasteiger partial charge is 0.100 e. The summed E-state index contributed by atoms with van der Waals surface area (Å²) in [6.45, 7) is 5.83. The van der Waals surface area contributed by atoms with Gasteiger partial charge in [0.1, 0.15) is 6.17 Å². The minimum Gasteiger partial charge on any atom is -0.359 e. The molecule has 0 aromatic heterocycles. The predicted octanol–water partition coefficient (Wildman–Crippen LogP) is 7.70. The van der Waals surface area contributed by atoms with Crippen molar-refractivity contribution >= 4 is 0 Å². The van der Waals surface area contributed by atoms with E-state index >= 15 is 0 Å². The third-order valence-electron chi connectivity index (χ3n) is 5.93. The Morgan fingerprint density at radius 3 is 1.58 bits per heavy atom. The van der Waals surface area contributed by atoms with Gasteiger partial charge in [0.05, 0.1) is 0 Å². The molecule has 1 heterocycles. The summed E-state index contributed by atoms with van der Waals surface area (Å²) in [4.78, 5) is 5.00. The van der Waals surface area contributed by atoms with Gasteiger partial charge in [0.2, 0.25) is 0 Å². The monoisotopic (exact) mass is 364 g/mol. The van der Waals surface area contributed by atoms with E-state index in [1.54, 1.807) is 0 Å². The zero-order valence-corrected chi connectivity index (χ0v) is 18.4. The molecule has 0 aliphatic carbocycles. The number of nitrogens with zero attached hydrogens (tertiary/aromatic N) is 2. The van der Waals surface area contributed by atoms with Crippen molar-refractivity contribution in [2.45, 2.75) is 129 Å². The fourth-order valence-corrected chi connectivity index (χ4v) is 4.11. The van der Waals surface area contributed by atoms with Crippen molar-refractivity contribution in [3.8, 4) is 0 Å². The van der Waals surface area contributed by atoms with Crippen LogP contribution in [0.1, 0.15) is 123 Å². The van der Waals surface area contributed by atoms with Gasteiger partial charge in [-0.25, -0.2) is 0 Å². The Labute approximate surface area is 165 Å². The molecular formula is C24H48N2. The van der Waals surface area contributed by atoms with E-state index in [4.69, 9.17) is 0 Å². The predicted molar refractivity (Wildman–Crippen MR) is 117 cm³/mol. The molecule has 2 nitrogen and oxygen atoms in total. The third kappa shape index (κ3) is 11.1. The third-order valence-corrected chi connectivity index (χ3v) is 5.93. The fraction of sp³-hybridized carbons (Fsp3) is 0.917. The molecule has 154 valence electrons. The van der Waals surface area contributed by atoms with Gasteiger partial charge in [-0.05, 0) is 19.3 Å². The maximum absolute atomic E-state index is 2.59. The molecule has 0 spiro atoms. The Balaban J connectivity index is 1.97. The van der Waals surface area contributed by atoms with Crippen LogP contribution in [0, 0.1) is 0 Å². The summed E-state index contributed by atoms with van der Waals surface area (Å²) in [7, 11) is 2.25. The summed E-state index contributed by atoms with van der Waals surface area (Å²) in [5.41, 5.74) is 0. The number of rotatable bonds is 18. The van der Waals surface area contributed by atoms with Gasteiger partial charge in [0.15, 0.2) is 0 Å². The molecule has 0 fully saturated rings. The summed E-state index contributed by atoms with van der Waals surface area (Å²) in [6, 6.07) is 0. The van der Waals surface area contributed by atoms with Crippen LogP contribution in [-0.2, 0) is 0 Å².